The van der Waals surface area contributed by atoms with Crippen LogP contribution in [0, 0.1) is 0 Å². The first-order valence-electron chi connectivity index (χ1n) is 7.51. The Morgan fingerprint density at radius 1 is 1.10 bits per heavy atom. The molecule has 4 heteroatoms. The molecule has 4 nitrogen and oxygen atoms in total. The monoisotopic (exact) mass is 284 g/mol. The van der Waals surface area contributed by atoms with E-state index in [1.807, 2.05) is 18.2 Å². The van der Waals surface area contributed by atoms with E-state index in [0.717, 1.165) is 44.6 Å². The number of allylic oxidation sites excluding steroid dienone is 2. The number of hydrogen-bond donors (Lipinski definition) is 1. The number of nitrogens with one attached hydrogen (secondary N) is 1. The number of benzene rings is 1. The molecule has 0 aromatic heterocycles. The number of aldehydes is 1. The third-order valence-electron chi connectivity index (χ3n) is 4.37. The van der Waals surface area contributed by atoms with Crippen LogP contribution >= 0.6 is 0 Å². The minimum absolute atomic E-state index is 0.0152. The maximum Gasteiger partial charge on any atom is 0.168 e. The summed E-state index contributed by atoms with van der Waals surface area (Å²) in [6, 6.07) is 10.1. The second-order valence-electron chi connectivity index (χ2n) is 5.65. The molecule has 1 heterocycles. The van der Waals surface area contributed by atoms with Crippen molar-refractivity contribution in [3.8, 4) is 0 Å². The van der Waals surface area contributed by atoms with Crippen molar-refractivity contribution in [2.75, 3.05) is 26.2 Å². The Morgan fingerprint density at radius 2 is 1.81 bits per heavy atom. The summed E-state index contributed by atoms with van der Waals surface area (Å²) in [7, 11) is 0. The highest BCUT2D eigenvalue weighted by molar-refractivity contribution is 6.13. The normalized spacial score (nSPS) is 23.3. The molecule has 1 saturated heterocycles. The molecule has 1 aromatic carbocycles. The Morgan fingerprint density at radius 3 is 2.48 bits per heavy atom. The van der Waals surface area contributed by atoms with Crippen molar-refractivity contribution in [3.05, 3.63) is 47.2 Å². The van der Waals surface area contributed by atoms with Crippen molar-refractivity contribution in [1.29, 1.82) is 0 Å². The molecule has 1 atom stereocenters. The van der Waals surface area contributed by atoms with Crippen LogP contribution in [0.4, 0.5) is 0 Å². The van der Waals surface area contributed by atoms with E-state index in [1.165, 1.54) is 5.56 Å². The summed E-state index contributed by atoms with van der Waals surface area (Å²) in [5, 5.41) is 3.30. The number of ketones is 1. The van der Waals surface area contributed by atoms with Crippen LogP contribution in [0.25, 0.3) is 0 Å². The molecule has 21 heavy (non-hydrogen) atoms. The maximum absolute atomic E-state index is 12.3. The maximum atomic E-state index is 12.3. The highest BCUT2D eigenvalue weighted by Crippen LogP contribution is 2.35. The fraction of sp³-hybridized carbons (Fsp3) is 0.412. The minimum atomic E-state index is -0.0152. The van der Waals surface area contributed by atoms with Gasteiger partial charge < -0.3 is 10.2 Å². The van der Waals surface area contributed by atoms with Gasteiger partial charge >= 0.3 is 0 Å². The lowest BCUT2D eigenvalue weighted by molar-refractivity contribution is -0.118. The second-order valence-corrected chi connectivity index (χ2v) is 5.65. The number of hydrogen-bond acceptors (Lipinski definition) is 4. The first-order valence-corrected chi connectivity index (χ1v) is 7.51. The molecule has 0 bridgehead atoms. The number of piperazine rings is 1. The van der Waals surface area contributed by atoms with Crippen LogP contribution in [0.15, 0.2) is 41.6 Å². The molecule has 2 aliphatic rings. The summed E-state index contributed by atoms with van der Waals surface area (Å²) in [5.74, 6) is 0.172. The fourth-order valence-electron chi connectivity index (χ4n) is 3.24. The smallest absolute Gasteiger partial charge is 0.168 e. The molecular formula is C17H20N2O2. The largest absolute Gasteiger partial charge is 0.372 e. The van der Waals surface area contributed by atoms with Crippen molar-refractivity contribution in [2.24, 2.45) is 0 Å². The van der Waals surface area contributed by atoms with E-state index in [0.29, 0.717) is 12.0 Å². The number of Topliss-reactive ketones (excluding diaryl/α,β-unsaturated/α-hetero) is 1. The van der Waals surface area contributed by atoms with Gasteiger partial charge in [-0.25, -0.2) is 0 Å². The van der Waals surface area contributed by atoms with E-state index in [2.05, 4.69) is 22.3 Å². The van der Waals surface area contributed by atoms with Crippen LogP contribution in [-0.4, -0.2) is 43.1 Å². The van der Waals surface area contributed by atoms with Crippen LogP contribution < -0.4 is 5.32 Å². The fourth-order valence-corrected chi connectivity index (χ4v) is 3.24. The van der Waals surface area contributed by atoms with Crippen LogP contribution in [0.1, 0.15) is 24.3 Å². The van der Waals surface area contributed by atoms with Crippen molar-refractivity contribution in [1.82, 2.24) is 10.2 Å². The molecule has 1 unspecified atom stereocenters. The summed E-state index contributed by atoms with van der Waals surface area (Å²) in [5.41, 5.74) is 2.52. The van der Waals surface area contributed by atoms with Gasteiger partial charge in [-0.1, -0.05) is 30.3 Å². The van der Waals surface area contributed by atoms with Crippen molar-refractivity contribution in [3.63, 3.8) is 0 Å². The van der Waals surface area contributed by atoms with Gasteiger partial charge in [0.25, 0.3) is 0 Å². The third kappa shape index (κ3) is 2.90. The molecule has 3 rings (SSSR count). The lowest BCUT2D eigenvalue weighted by Gasteiger charge is -2.36. The van der Waals surface area contributed by atoms with E-state index >= 15 is 0 Å². The standard InChI is InChI=1S/C17H20N2O2/c20-12-15-16(19-8-6-18-7-9-19)10-14(11-17(15)21)13-4-2-1-3-5-13/h1-5,12,14,18H,6-11H2. The van der Waals surface area contributed by atoms with Crippen LogP contribution in [-0.2, 0) is 9.59 Å². The number of nitrogens with zero attached hydrogens (tertiary/aromatic N) is 1. The van der Waals surface area contributed by atoms with Gasteiger partial charge in [-0.05, 0) is 17.9 Å². The van der Waals surface area contributed by atoms with Crippen LogP contribution in [0.2, 0.25) is 0 Å². The lowest BCUT2D eigenvalue weighted by Crippen LogP contribution is -2.44. The summed E-state index contributed by atoms with van der Waals surface area (Å²) >= 11 is 0. The quantitative estimate of drug-likeness (QED) is 0.675. The Labute approximate surface area is 124 Å². The van der Waals surface area contributed by atoms with Crippen molar-refractivity contribution < 1.29 is 9.59 Å². The van der Waals surface area contributed by atoms with Gasteiger partial charge in [0.05, 0.1) is 5.57 Å². The van der Waals surface area contributed by atoms with Gasteiger partial charge in [0, 0.05) is 38.3 Å². The summed E-state index contributed by atoms with van der Waals surface area (Å²) < 4.78 is 0. The average Bonchev–Trinajstić information content (AvgIpc) is 2.55. The molecule has 0 spiro atoms. The number of carbonyl (C=O) groups is 2. The van der Waals surface area contributed by atoms with E-state index in [-0.39, 0.29) is 11.7 Å². The predicted molar refractivity (Wildman–Crippen MR) is 81.0 cm³/mol. The Hall–Kier alpha value is -1.94. The first kappa shape index (κ1) is 14.0. The Kier molecular flexibility index (Phi) is 4.15. The van der Waals surface area contributed by atoms with Crippen molar-refractivity contribution in [2.45, 2.75) is 18.8 Å². The first-order chi connectivity index (χ1) is 10.3. The van der Waals surface area contributed by atoms with E-state index in [1.54, 1.807) is 0 Å². The zero-order valence-electron chi connectivity index (χ0n) is 12.0. The van der Waals surface area contributed by atoms with Gasteiger partial charge in [-0.2, -0.15) is 0 Å². The molecule has 0 radical (unpaired) electrons. The van der Waals surface area contributed by atoms with Crippen molar-refractivity contribution >= 4 is 12.1 Å². The molecule has 1 aliphatic heterocycles. The van der Waals surface area contributed by atoms with E-state index < -0.39 is 0 Å². The summed E-state index contributed by atoms with van der Waals surface area (Å²) in [6.45, 7) is 3.53. The Bertz CT molecular complexity index is 559. The molecule has 1 aromatic rings. The van der Waals surface area contributed by atoms with Gasteiger partial charge in [0.2, 0.25) is 0 Å². The molecule has 0 amide bonds. The second kappa shape index (κ2) is 6.22. The average molecular weight is 284 g/mol. The van der Waals surface area contributed by atoms with Gasteiger partial charge in [-0.3, -0.25) is 9.59 Å². The summed E-state index contributed by atoms with van der Waals surface area (Å²) in [4.78, 5) is 25.9. The number of rotatable bonds is 3. The molecule has 1 fully saturated rings. The summed E-state index contributed by atoms with van der Waals surface area (Å²) in [6.07, 6.45) is 1.97. The molecule has 110 valence electrons. The Balaban J connectivity index is 1.90. The SMILES string of the molecule is O=CC1=C(N2CCNCC2)CC(c2ccccc2)CC1=O. The minimum Gasteiger partial charge on any atom is -0.372 e. The van der Waals surface area contributed by atoms with Gasteiger partial charge in [0.1, 0.15) is 0 Å². The zero-order chi connectivity index (χ0) is 14.7. The highest BCUT2D eigenvalue weighted by atomic mass is 16.1. The van der Waals surface area contributed by atoms with E-state index in [4.69, 9.17) is 0 Å². The highest BCUT2D eigenvalue weighted by Gasteiger charge is 2.31. The van der Waals surface area contributed by atoms with Gasteiger partial charge in [-0.15, -0.1) is 0 Å². The molecular weight excluding hydrogens is 264 g/mol. The molecule has 1 N–H and O–H groups in total. The molecule has 1 aliphatic carbocycles. The van der Waals surface area contributed by atoms with E-state index in [9.17, 15) is 9.59 Å². The topological polar surface area (TPSA) is 49.4 Å². The predicted octanol–water partition coefficient (Wildman–Crippen LogP) is 1.49. The third-order valence-corrected chi connectivity index (χ3v) is 4.37. The zero-order valence-corrected chi connectivity index (χ0v) is 12.0. The van der Waals surface area contributed by atoms with Crippen LogP contribution in [0.5, 0.6) is 0 Å². The lowest BCUT2D eigenvalue weighted by atomic mass is 9.81. The molecule has 0 saturated carbocycles. The van der Waals surface area contributed by atoms with Crippen LogP contribution in [0.3, 0.4) is 0 Å². The van der Waals surface area contributed by atoms with Gasteiger partial charge in [0.15, 0.2) is 12.1 Å². The number of carbonyl (C=O) groups excluding carboxylic acids is 2.